The number of nitrogens with zero attached hydrogens (tertiary/aromatic N) is 6. The maximum Gasteiger partial charge on any atom is 0.281 e. The molecule has 4 heterocycles. The molecule has 4 aromatic rings. The van der Waals surface area contributed by atoms with Crippen molar-refractivity contribution in [1.29, 1.82) is 0 Å². The highest BCUT2D eigenvalue weighted by Gasteiger charge is 2.22. The van der Waals surface area contributed by atoms with Crippen LogP contribution in [0.25, 0.3) is 16.8 Å². The lowest BCUT2D eigenvalue weighted by atomic mass is 10.00. The Morgan fingerprint density at radius 3 is 2.87 bits per heavy atom. The minimum atomic E-state index is -2.77. The molecule has 0 amide bonds. The molecule has 1 aliphatic rings. The van der Waals surface area contributed by atoms with Crippen molar-refractivity contribution in [2.24, 2.45) is 0 Å². The molecule has 0 bridgehead atoms. The average molecular weight is 412 g/mol. The third-order valence-electron chi connectivity index (χ3n) is 5.19. The third-order valence-corrected chi connectivity index (χ3v) is 5.19. The molecule has 5 rings (SSSR count). The van der Waals surface area contributed by atoms with E-state index < -0.39 is 12.1 Å². The minimum Gasteiger partial charge on any atom is -0.493 e. The Labute approximate surface area is 168 Å². The molecule has 1 aromatic carbocycles. The van der Waals surface area contributed by atoms with Crippen LogP contribution in [0.5, 0.6) is 5.75 Å². The first kappa shape index (κ1) is 18.5. The van der Waals surface area contributed by atoms with Gasteiger partial charge in [0.25, 0.3) is 6.43 Å². The van der Waals surface area contributed by atoms with Gasteiger partial charge in [-0.15, -0.1) is 10.2 Å². The van der Waals surface area contributed by atoms with E-state index in [1.54, 1.807) is 10.5 Å². The van der Waals surface area contributed by atoms with Crippen LogP contribution in [0.3, 0.4) is 0 Å². The van der Waals surface area contributed by atoms with Crippen molar-refractivity contribution in [2.45, 2.75) is 25.7 Å². The number of halogens is 3. The van der Waals surface area contributed by atoms with Crippen molar-refractivity contribution >= 4 is 5.65 Å². The van der Waals surface area contributed by atoms with Crippen molar-refractivity contribution in [2.75, 3.05) is 6.61 Å². The molecule has 152 valence electrons. The summed E-state index contributed by atoms with van der Waals surface area (Å²) in [4.78, 5) is 12.0. The lowest BCUT2D eigenvalue weighted by Crippen LogP contribution is -2.07. The number of benzene rings is 1. The molecule has 0 spiro atoms. The van der Waals surface area contributed by atoms with Gasteiger partial charge in [0.05, 0.1) is 6.61 Å². The van der Waals surface area contributed by atoms with Crippen LogP contribution in [-0.4, -0.2) is 36.2 Å². The highest BCUT2D eigenvalue weighted by atomic mass is 19.3. The van der Waals surface area contributed by atoms with E-state index in [1.165, 1.54) is 24.8 Å². The van der Waals surface area contributed by atoms with Crippen LogP contribution in [0.2, 0.25) is 0 Å². The number of aromatic nitrogens is 6. The molecule has 10 heteroatoms. The summed E-state index contributed by atoms with van der Waals surface area (Å²) in [5.74, 6) is 1.02. The van der Waals surface area contributed by atoms with Crippen molar-refractivity contribution in [3.8, 4) is 16.9 Å². The lowest BCUT2D eigenvalue weighted by molar-refractivity contribution is 0.146. The average Bonchev–Trinajstić information content (AvgIpc) is 3.42. The van der Waals surface area contributed by atoms with Gasteiger partial charge in [-0.05, 0) is 24.1 Å². The molecule has 1 aliphatic heterocycles. The highest BCUT2D eigenvalue weighted by Crippen LogP contribution is 2.32. The van der Waals surface area contributed by atoms with E-state index in [9.17, 15) is 13.2 Å². The Kier molecular flexibility index (Phi) is 4.53. The van der Waals surface area contributed by atoms with Crippen LogP contribution in [0.15, 0.2) is 37.2 Å². The molecule has 3 aromatic heterocycles. The summed E-state index contributed by atoms with van der Waals surface area (Å²) >= 11 is 0. The number of aryl methyl sites for hydroxylation is 1. The molecular formula is C20H15F3N6O. The Hall–Kier alpha value is -3.56. The molecule has 0 unspecified atom stereocenters. The smallest absolute Gasteiger partial charge is 0.281 e. The zero-order valence-electron chi connectivity index (χ0n) is 15.6. The van der Waals surface area contributed by atoms with E-state index in [4.69, 9.17) is 4.74 Å². The van der Waals surface area contributed by atoms with E-state index in [0.29, 0.717) is 54.2 Å². The number of hydrogen-bond donors (Lipinski definition) is 0. The van der Waals surface area contributed by atoms with E-state index in [2.05, 4.69) is 25.1 Å². The maximum atomic E-state index is 14.4. The third kappa shape index (κ3) is 3.04. The first-order chi connectivity index (χ1) is 14.6. The number of fused-ring (bicyclic) bond motifs is 2. The van der Waals surface area contributed by atoms with Gasteiger partial charge in [0.2, 0.25) is 0 Å². The molecular weight excluding hydrogens is 397 g/mol. The molecule has 30 heavy (non-hydrogen) atoms. The highest BCUT2D eigenvalue weighted by molar-refractivity contribution is 5.77. The Bertz CT molecular complexity index is 1240. The zero-order chi connectivity index (χ0) is 20.7. The summed E-state index contributed by atoms with van der Waals surface area (Å²) in [5.41, 5.74) is 1.95. The van der Waals surface area contributed by atoms with Gasteiger partial charge in [-0.2, -0.15) is 0 Å². The van der Waals surface area contributed by atoms with E-state index in [-0.39, 0.29) is 11.4 Å². The van der Waals surface area contributed by atoms with Gasteiger partial charge >= 0.3 is 0 Å². The van der Waals surface area contributed by atoms with Crippen LogP contribution in [0.1, 0.15) is 29.1 Å². The Balaban J connectivity index is 1.51. The van der Waals surface area contributed by atoms with Crippen molar-refractivity contribution in [3.63, 3.8) is 0 Å². The summed E-state index contributed by atoms with van der Waals surface area (Å²) in [6, 6.07) is 3.06. The van der Waals surface area contributed by atoms with Gasteiger partial charge in [-0.25, -0.2) is 28.1 Å². The standard InChI is InChI=1S/C20H15F3N6O/c21-15-2-3-16-12(5-6-30-16)11(15)1-4-17-25-8-14(20-28-27-10-29(17)20)13-7-24-9-26-18(13)19(22)23/h2-3,7-10,19H,1,4-6H2. The van der Waals surface area contributed by atoms with Crippen LogP contribution in [-0.2, 0) is 19.3 Å². The predicted molar refractivity (Wildman–Crippen MR) is 99.8 cm³/mol. The largest absolute Gasteiger partial charge is 0.493 e. The molecule has 0 saturated carbocycles. The van der Waals surface area contributed by atoms with Crippen molar-refractivity contribution in [1.82, 2.24) is 29.5 Å². The zero-order valence-corrected chi connectivity index (χ0v) is 15.6. The first-order valence-corrected chi connectivity index (χ1v) is 9.32. The Morgan fingerprint density at radius 2 is 2.00 bits per heavy atom. The predicted octanol–water partition coefficient (Wildman–Crippen LogP) is 3.38. The molecule has 0 atom stereocenters. The second-order valence-corrected chi connectivity index (χ2v) is 6.84. The fraction of sp³-hybridized carbons (Fsp3) is 0.250. The summed E-state index contributed by atoms with van der Waals surface area (Å²) in [5, 5.41) is 7.97. The molecule has 7 nitrogen and oxygen atoms in total. The molecule has 0 aliphatic carbocycles. The number of hydrogen-bond acceptors (Lipinski definition) is 6. The first-order valence-electron chi connectivity index (χ1n) is 9.32. The summed E-state index contributed by atoms with van der Waals surface area (Å²) in [7, 11) is 0. The van der Waals surface area contributed by atoms with Gasteiger partial charge < -0.3 is 4.74 Å². The van der Waals surface area contributed by atoms with Crippen LogP contribution >= 0.6 is 0 Å². The molecule has 0 radical (unpaired) electrons. The van der Waals surface area contributed by atoms with E-state index in [0.717, 1.165) is 11.9 Å². The normalized spacial score (nSPS) is 13.1. The quantitative estimate of drug-likeness (QED) is 0.500. The van der Waals surface area contributed by atoms with Crippen molar-refractivity contribution < 1.29 is 17.9 Å². The van der Waals surface area contributed by atoms with E-state index in [1.807, 2.05) is 0 Å². The fourth-order valence-electron chi connectivity index (χ4n) is 3.78. The minimum absolute atomic E-state index is 0.147. The van der Waals surface area contributed by atoms with Gasteiger partial charge in [0.15, 0.2) is 5.65 Å². The van der Waals surface area contributed by atoms with Crippen LogP contribution < -0.4 is 4.74 Å². The Morgan fingerprint density at radius 1 is 1.10 bits per heavy atom. The van der Waals surface area contributed by atoms with Gasteiger partial charge in [-0.1, -0.05) is 0 Å². The second-order valence-electron chi connectivity index (χ2n) is 6.84. The van der Waals surface area contributed by atoms with Gasteiger partial charge in [-0.3, -0.25) is 4.40 Å². The monoisotopic (exact) mass is 412 g/mol. The number of rotatable bonds is 5. The molecule has 0 saturated heterocycles. The van der Waals surface area contributed by atoms with Crippen molar-refractivity contribution in [3.05, 3.63) is 65.6 Å². The van der Waals surface area contributed by atoms with Crippen LogP contribution in [0.4, 0.5) is 13.2 Å². The number of alkyl halides is 2. The maximum absolute atomic E-state index is 14.4. The second kappa shape index (κ2) is 7.36. The SMILES string of the molecule is Fc1ccc2c(c1CCc1ncc(-c3cncnc3C(F)F)c3nncn13)CCO2. The summed E-state index contributed by atoms with van der Waals surface area (Å²) < 4.78 is 48.3. The fourth-order valence-corrected chi connectivity index (χ4v) is 3.78. The van der Waals surface area contributed by atoms with E-state index >= 15 is 0 Å². The van der Waals surface area contributed by atoms with Crippen LogP contribution in [0, 0.1) is 5.82 Å². The number of ether oxygens (including phenoxy) is 1. The summed E-state index contributed by atoms with van der Waals surface area (Å²) in [6.45, 7) is 0.542. The van der Waals surface area contributed by atoms with Gasteiger partial charge in [0.1, 0.15) is 35.7 Å². The summed E-state index contributed by atoms with van der Waals surface area (Å²) in [6.07, 6.45) is 4.02. The lowest BCUT2D eigenvalue weighted by Gasteiger charge is -2.11. The van der Waals surface area contributed by atoms with Gasteiger partial charge in [0, 0.05) is 41.9 Å². The molecule has 0 fully saturated rings. The topological polar surface area (TPSA) is 78.1 Å². The molecule has 0 N–H and O–H groups in total.